The van der Waals surface area contributed by atoms with Gasteiger partial charge in [-0.2, -0.15) is 5.11 Å². The summed E-state index contributed by atoms with van der Waals surface area (Å²) in [6, 6.07) is 6.48. The van der Waals surface area contributed by atoms with Crippen LogP contribution in [0.1, 0.15) is 85.5 Å². The molecule has 1 radical (unpaired) electrons. The maximum Gasteiger partial charge on any atom is 0.251 e. The van der Waals surface area contributed by atoms with Crippen molar-refractivity contribution in [2.45, 2.75) is 70.9 Å². The van der Waals surface area contributed by atoms with E-state index < -0.39 is 6.04 Å². The average Bonchev–Trinajstić information content (AvgIpc) is 3.52. The van der Waals surface area contributed by atoms with Gasteiger partial charge in [0.2, 0.25) is 0 Å². The van der Waals surface area contributed by atoms with Crippen molar-refractivity contribution >= 4 is 17.9 Å². The smallest absolute Gasteiger partial charge is 0.251 e. The van der Waals surface area contributed by atoms with E-state index in [1.54, 1.807) is 12.3 Å². The predicted molar refractivity (Wildman–Crippen MR) is 162 cm³/mol. The zero-order chi connectivity index (χ0) is 29.8. The molecule has 0 aliphatic carbocycles. The lowest BCUT2D eigenvalue weighted by atomic mass is 9.79. The Morgan fingerprint density at radius 3 is 2.52 bits per heavy atom. The molecule has 3 unspecified atom stereocenters. The molecule has 5 N–H and O–H groups in total. The van der Waals surface area contributed by atoms with Crippen LogP contribution in [0.15, 0.2) is 39.7 Å². The van der Waals surface area contributed by atoms with E-state index in [4.69, 9.17) is 0 Å². The molecule has 1 amide bonds. The van der Waals surface area contributed by atoms with Gasteiger partial charge >= 0.3 is 0 Å². The van der Waals surface area contributed by atoms with Gasteiger partial charge in [-0.05, 0) is 98.6 Å². The van der Waals surface area contributed by atoms with Crippen LogP contribution < -0.4 is 16.0 Å². The second kappa shape index (κ2) is 13.1. The molecule has 3 aliphatic heterocycles. The Bertz CT molecular complexity index is 1370. The Kier molecular flexibility index (Phi) is 9.33. The summed E-state index contributed by atoms with van der Waals surface area (Å²) in [5.41, 5.74) is 3.76. The molecular weight excluding hydrogens is 532 g/mol. The average molecular weight is 574 g/mol. The fourth-order valence-corrected chi connectivity index (χ4v) is 6.38. The first kappa shape index (κ1) is 29.8. The minimum Gasteiger partial charge on any atom is -0.508 e. The molecule has 2 saturated heterocycles. The first-order chi connectivity index (χ1) is 20.3. The molecule has 2 aromatic rings. The van der Waals surface area contributed by atoms with Crippen molar-refractivity contribution in [2.75, 3.05) is 26.2 Å². The van der Waals surface area contributed by atoms with Crippen LogP contribution in [-0.4, -0.2) is 60.3 Å². The molecule has 0 spiro atoms. The van der Waals surface area contributed by atoms with Gasteiger partial charge in [0.05, 0.1) is 6.21 Å². The van der Waals surface area contributed by atoms with E-state index in [-0.39, 0.29) is 35.3 Å². The molecule has 42 heavy (non-hydrogen) atoms. The zero-order valence-corrected chi connectivity index (χ0v) is 24.6. The van der Waals surface area contributed by atoms with Gasteiger partial charge in [0.15, 0.2) is 0 Å². The van der Waals surface area contributed by atoms with Gasteiger partial charge in [-0.1, -0.05) is 19.9 Å². The number of carbonyl (C=O) groups is 2. The number of phenolic OH excluding ortho intramolecular Hbond substituents is 2. The number of piperidine rings is 2. The Hall–Kier alpha value is -3.63. The molecule has 2 fully saturated rings. The summed E-state index contributed by atoms with van der Waals surface area (Å²) in [6.07, 6.45) is 5.39. The molecule has 0 aromatic heterocycles. The van der Waals surface area contributed by atoms with E-state index in [0.717, 1.165) is 56.8 Å². The molecule has 3 atom stereocenters. The van der Waals surface area contributed by atoms with Gasteiger partial charge in [-0.15, -0.1) is 5.10 Å². The molecule has 223 valence electrons. The number of nitrogens with one attached hydrogen (secondary N) is 3. The SMILES string of the molecule is CCNC(=O)c1cc(CC2CC(C(=O)[C]3CCNCC3)CCN2)cc(-c2cc(C(C)C)c(O)cc2O)c1C1C=NN=N1. The van der Waals surface area contributed by atoms with Crippen molar-refractivity contribution in [3.8, 4) is 22.6 Å². The normalized spacial score (nSPS) is 22.5. The standard InChI is InChI=1S/C32H41N6O4/c1-4-34-32(42)26-13-19(11-22-14-21(7-10-35-22)31(41)20-5-8-33-9-6-20)12-25(30(26)27-17-36-38-37-27)24-15-23(18(2)3)28(39)16-29(24)40/h12-13,15-18,21-22,27,33,35,39-40H,4-11,14H2,1-3H3,(H,34,42). The van der Waals surface area contributed by atoms with E-state index >= 15 is 0 Å². The van der Waals surface area contributed by atoms with Gasteiger partial charge in [0, 0.05) is 47.2 Å². The van der Waals surface area contributed by atoms with Crippen molar-refractivity contribution in [2.24, 2.45) is 21.4 Å². The fourth-order valence-electron chi connectivity index (χ4n) is 6.38. The third kappa shape index (κ3) is 6.39. The maximum absolute atomic E-state index is 13.5. The third-order valence-electron chi connectivity index (χ3n) is 8.51. The highest BCUT2D eigenvalue weighted by atomic mass is 16.3. The van der Waals surface area contributed by atoms with Crippen LogP contribution in [-0.2, 0) is 11.2 Å². The number of Topliss-reactive ketones (excluding diaryl/α,β-unsaturated/α-hetero) is 1. The van der Waals surface area contributed by atoms with E-state index in [1.807, 2.05) is 32.9 Å². The first-order valence-corrected chi connectivity index (χ1v) is 15.0. The number of rotatable bonds is 9. The van der Waals surface area contributed by atoms with Crippen LogP contribution in [0.2, 0.25) is 0 Å². The second-order valence-corrected chi connectivity index (χ2v) is 11.8. The van der Waals surface area contributed by atoms with Gasteiger partial charge in [-0.25, -0.2) is 0 Å². The highest BCUT2D eigenvalue weighted by molar-refractivity contribution is 6.00. The van der Waals surface area contributed by atoms with Crippen LogP contribution in [0.5, 0.6) is 11.5 Å². The van der Waals surface area contributed by atoms with Crippen LogP contribution in [0.25, 0.3) is 11.1 Å². The molecule has 3 aliphatic rings. The fraction of sp³-hybridized carbons (Fsp3) is 0.500. The summed E-state index contributed by atoms with van der Waals surface area (Å²) in [6.45, 7) is 8.74. The maximum atomic E-state index is 13.5. The molecule has 5 rings (SSSR count). The minimum atomic E-state index is -0.598. The summed E-state index contributed by atoms with van der Waals surface area (Å²) >= 11 is 0. The summed E-state index contributed by atoms with van der Waals surface area (Å²) in [4.78, 5) is 26.8. The number of aromatic hydroxyl groups is 2. The van der Waals surface area contributed by atoms with Crippen LogP contribution in [0.4, 0.5) is 0 Å². The van der Waals surface area contributed by atoms with Crippen LogP contribution in [0.3, 0.4) is 0 Å². The van der Waals surface area contributed by atoms with Crippen LogP contribution >= 0.6 is 0 Å². The van der Waals surface area contributed by atoms with Gasteiger partial charge in [0.1, 0.15) is 23.3 Å². The minimum absolute atomic E-state index is 0.00388. The number of amides is 1. The van der Waals surface area contributed by atoms with Crippen molar-refractivity contribution in [1.82, 2.24) is 16.0 Å². The Morgan fingerprint density at radius 1 is 1.05 bits per heavy atom. The Labute approximate surface area is 247 Å². The second-order valence-electron chi connectivity index (χ2n) is 11.8. The van der Waals surface area contributed by atoms with Crippen molar-refractivity contribution in [3.05, 3.63) is 52.4 Å². The zero-order valence-electron chi connectivity index (χ0n) is 24.6. The largest absolute Gasteiger partial charge is 0.508 e. The molecule has 2 aromatic carbocycles. The lowest BCUT2D eigenvalue weighted by Crippen LogP contribution is -2.43. The van der Waals surface area contributed by atoms with E-state index in [2.05, 4.69) is 31.4 Å². The number of carbonyl (C=O) groups excluding carboxylic acids is 2. The van der Waals surface area contributed by atoms with Crippen molar-refractivity contribution < 1.29 is 19.8 Å². The molecule has 0 bridgehead atoms. The van der Waals surface area contributed by atoms with E-state index in [0.29, 0.717) is 46.6 Å². The molecule has 3 heterocycles. The summed E-state index contributed by atoms with van der Waals surface area (Å²) in [5, 5.41) is 43.4. The van der Waals surface area contributed by atoms with Gasteiger partial charge < -0.3 is 26.2 Å². The number of phenols is 2. The molecule has 10 nitrogen and oxygen atoms in total. The number of ketones is 1. The quantitative estimate of drug-likeness (QED) is 0.297. The van der Waals surface area contributed by atoms with E-state index in [1.165, 1.54) is 6.07 Å². The Morgan fingerprint density at radius 2 is 1.83 bits per heavy atom. The molecule has 0 saturated carbocycles. The molecular formula is C32H41N6O4. The van der Waals surface area contributed by atoms with Crippen LogP contribution in [0, 0.1) is 11.8 Å². The lowest BCUT2D eigenvalue weighted by Gasteiger charge is -2.33. The third-order valence-corrected chi connectivity index (χ3v) is 8.51. The number of nitrogens with zero attached hydrogens (tertiary/aromatic N) is 3. The first-order valence-electron chi connectivity index (χ1n) is 15.0. The summed E-state index contributed by atoms with van der Waals surface area (Å²) in [5.74, 6) is 1.04. The van der Waals surface area contributed by atoms with Crippen molar-refractivity contribution in [3.63, 3.8) is 0 Å². The predicted octanol–water partition coefficient (Wildman–Crippen LogP) is 4.57. The number of hydrogen-bond acceptors (Lipinski definition) is 9. The topological polar surface area (TPSA) is 148 Å². The summed E-state index contributed by atoms with van der Waals surface area (Å²) in [7, 11) is 0. The molecule has 10 heteroatoms. The van der Waals surface area contributed by atoms with Crippen molar-refractivity contribution in [1.29, 1.82) is 0 Å². The van der Waals surface area contributed by atoms with Gasteiger partial charge in [-0.3, -0.25) is 9.59 Å². The van der Waals surface area contributed by atoms with Gasteiger partial charge in [0.25, 0.3) is 5.91 Å². The number of hydrogen-bond donors (Lipinski definition) is 5. The number of benzene rings is 2. The highest BCUT2D eigenvalue weighted by Crippen LogP contribution is 2.43. The monoisotopic (exact) mass is 573 g/mol. The Balaban J connectivity index is 1.55. The summed E-state index contributed by atoms with van der Waals surface area (Å²) < 4.78 is 0. The van der Waals surface area contributed by atoms with E-state index in [9.17, 15) is 19.8 Å². The highest BCUT2D eigenvalue weighted by Gasteiger charge is 2.33. The lowest BCUT2D eigenvalue weighted by molar-refractivity contribution is -0.122.